The second kappa shape index (κ2) is 10.3. The van der Waals surface area contributed by atoms with Crippen LogP contribution in [0.1, 0.15) is 34.1 Å². The molecule has 1 atom stereocenters. The minimum atomic E-state index is -4.51. The number of aromatic nitrogens is 1. The third kappa shape index (κ3) is 7.18. The summed E-state index contributed by atoms with van der Waals surface area (Å²) in [5.74, 6) is -1.34. The summed E-state index contributed by atoms with van der Waals surface area (Å²) in [5, 5.41) is 9.07. The van der Waals surface area contributed by atoms with E-state index in [1.54, 1.807) is 0 Å². The van der Waals surface area contributed by atoms with E-state index in [1.807, 2.05) is 0 Å². The Morgan fingerprint density at radius 3 is 2.26 bits per heavy atom. The number of nitrogens with one attached hydrogen (secondary N) is 3. The molecule has 1 heterocycles. The van der Waals surface area contributed by atoms with Crippen LogP contribution in [0.15, 0.2) is 53.9 Å². The Balaban J connectivity index is 1.55. The molecule has 0 spiro atoms. The van der Waals surface area contributed by atoms with E-state index in [4.69, 9.17) is 0 Å². The first-order valence-corrected chi connectivity index (χ1v) is 10.9. The molecule has 0 saturated heterocycles. The van der Waals surface area contributed by atoms with E-state index in [9.17, 15) is 35.9 Å². The summed E-state index contributed by atoms with van der Waals surface area (Å²) in [6, 6.07) is 7.91. The summed E-state index contributed by atoms with van der Waals surface area (Å²) >= 11 is 0.976. The third-order valence-corrected chi connectivity index (χ3v) is 5.40. The van der Waals surface area contributed by atoms with Crippen LogP contribution in [-0.2, 0) is 23.7 Å². The molecule has 3 N–H and O–H groups in total. The number of thiazole rings is 1. The average molecular weight is 516 g/mol. The molecule has 0 fully saturated rings. The summed E-state index contributed by atoms with van der Waals surface area (Å²) in [7, 11) is 0. The molecular weight excluding hydrogens is 498 g/mol. The largest absolute Gasteiger partial charge is 0.416 e. The number of hydrogen-bond donors (Lipinski definition) is 3. The summed E-state index contributed by atoms with van der Waals surface area (Å²) in [4.78, 5) is 28.7. The molecule has 0 saturated carbocycles. The Kier molecular flexibility index (Phi) is 7.68. The van der Waals surface area contributed by atoms with Crippen molar-refractivity contribution in [2.75, 3.05) is 5.32 Å². The molecule has 35 heavy (non-hydrogen) atoms. The van der Waals surface area contributed by atoms with Crippen molar-refractivity contribution >= 4 is 34.0 Å². The van der Waals surface area contributed by atoms with Gasteiger partial charge in [-0.1, -0.05) is 18.2 Å². The normalized spacial score (nSPS) is 12.7. The minimum Gasteiger partial charge on any atom is -0.350 e. The summed E-state index contributed by atoms with van der Waals surface area (Å²) in [5.41, 5.74) is -1.40. The third-order valence-electron chi connectivity index (χ3n) is 4.64. The zero-order chi connectivity index (χ0) is 25.8. The Bertz CT molecular complexity index is 1210. The first-order valence-electron chi connectivity index (χ1n) is 9.97. The van der Waals surface area contributed by atoms with Crippen molar-refractivity contribution in [2.45, 2.75) is 31.9 Å². The predicted molar refractivity (Wildman–Crippen MR) is 117 cm³/mol. The second-order valence-electron chi connectivity index (χ2n) is 7.35. The number of halogens is 6. The fraction of sp³-hybridized carbons (Fsp3) is 0.227. The van der Waals surface area contributed by atoms with Gasteiger partial charge in [0.05, 0.1) is 11.1 Å². The van der Waals surface area contributed by atoms with Gasteiger partial charge in [-0.05, 0) is 42.8 Å². The molecule has 3 rings (SSSR count). The number of rotatable bonds is 7. The Morgan fingerprint density at radius 1 is 0.971 bits per heavy atom. The summed E-state index contributed by atoms with van der Waals surface area (Å²) in [6.45, 7) is 1.21. The van der Waals surface area contributed by atoms with Crippen LogP contribution in [-0.4, -0.2) is 22.8 Å². The lowest BCUT2D eigenvalue weighted by Crippen LogP contribution is -2.44. The van der Waals surface area contributed by atoms with Crippen LogP contribution in [0.5, 0.6) is 0 Å². The van der Waals surface area contributed by atoms with Crippen molar-refractivity contribution in [3.8, 4) is 0 Å². The molecule has 0 aliphatic carbocycles. The smallest absolute Gasteiger partial charge is 0.350 e. The van der Waals surface area contributed by atoms with Crippen LogP contribution in [0, 0.1) is 0 Å². The topological polar surface area (TPSA) is 83.1 Å². The van der Waals surface area contributed by atoms with Gasteiger partial charge in [0, 0.05) is 17.6 Å². The highest BCUT2D eigenvalue weighted by molar-refractivity contribution is 7.14. The molecule has 3 aromatic rings. The Hall–Kier alpha value is -3.61. The van der Waals surface area contributed by atoms with Crippen molar-refractivity contribution in [3.05, 3.63) is 76.3 Å². The molecule has 0 radical (unpaired) electrons. The van der Waals surface area contributed by atoms with Crippen LogP contribution in [0.25, 0.3) is 0 Å². The molecule has 0 aliphatic heterocycles. The van der Waals surface area contributed by atoms with Gasteiger partial charge in [-0.25, -0.2) is 4.98 Å². The van der Waals surface area contributed by atoms with Crippen molar-refractivity contribution < 1.29 is 35.9 Å². The highest BCUT2D eigenvalue weighted by Gasteiger charge is 2.31. The highest BCUT2D eigenvalue weighted by atomic mass is 32.1. The fourth-order valence-corrected chi connectivity index (χ4v) is 3.58. The van der Waals surface area contributed by atoms with Gasteiger partial charge in [0.1, 0.15) is 11.7 Å². The fourth-order valence-electron chi connectivity index (χ4n) is 2.87. The SMILES string of the molecule is CC(NC(=O)c1csc(Nc2cccc(C(F)(F)F)c2)n1)C(=O)NCc1cccc(C(F)(F)F)c1. The maximum absolute atomic E-state index is 12.8. The summed E-state index contributed by atoms with van der Waals surface area (Å²) < 4.78 is 76.9. The van der Waals surface area contributed by atoms with E-state index in [0.29, 0.717) is 0 Å². The van der Waals surface area contributed by atoms with Gasteiger partial charge < -0.3 is 16.0 Å². The maximum atomic E-state index is 12.8. The Morgan fingerprint density at radius 2 is 1.60 bits per heavy atom. The Labute approximate surface area is 199 Å². The van der Waals surface area contributed by atoms with Crippen molar-refractivity contribution in [1.29, 1.82) is 0 Å². The van der Waals surface area contributed by atoms with E-state index >= 15 is 0 Å². The van der Waals surface area contributed by atoms with Crippen molar-refractivity contribution in [1.82, 2.24) is 15.6 Å². The predicted octanol–water partition coefficient (Wildman–Crippen LogP) is 5.36. The lowest BCUT2D eigenvalue weighted by molar-refractivity contribution is -0.138. The number of benzene rings is 2. The van der Waals surface area contributed by atoms with Crippen LogP contribution in [0.3, 0.4) is 0 Å². The van der Waals surface area contributed by atoms with Crippen molar-refractivity contribution in [3.63, 3.8) is 0 Å². The summed E-state index contributed by atoms with van der Waals surface area (Å²) in [6.07, 6.45) is -9.02. The first-order chi connectivity index (χ1) is 16.3. The van der Waals surface area contributed by atoms with E-state index in [-0.39, 0.29) is 28.6 Å². The first kappa shape index (κ1) is 26.0. The zero-order valence-electron chi connectivity index (χ0n) is 17.9. The molecule has 2 amide bonds. The van der Waals surface area contributed by atoms with E-state index in [0.717, 1.165) is 35.6 Å². The highest BCUT2D eigenvalue weighted by Crippen LogP contribution is 2.32. The quantitative estimate of drug-likeness (QED) is 0.370. The zero-order valence-corrected chi connectivity index (χ0v) is 18.7. The number of carbonyl (C=O) groups excluding carboxylic acids is 2. The lowest BCUT2D eigenvalue weighted by Gasteiger charge is -2.14. The standard InChI is InChI=1S/C22H18F6N4O2S/c1-12(18(33)29-10-13-4-2-5-14(8-13)21(23,24)25)30-19(34)17-11-35-20(32-17)31-16-7-3-6-15(9-16)22(26,27)28/h2-9,11-12H,10H2,1H3,(H,29,33)(H,30,34)(H,31,32). The van der Waals surface area contributed by atoms with Gasteiger partial charge in [0.15, 0.2) is 5.13 Å². The van der Waals surface area contributed by atoms with Gasteiger partial charge in [-0.3, -0.25) is 9.59 Å². The molecule has 1 aromatic heterocycles. The number of nitrogens with zero attached hydrogens (tertiary/aromatic N) is 1. The van der Waals surface area contributed by atoms with Gasteiger partial charge in [0.25, 0.3) is 5.91 Å². The van der Waals surface area contributed by atoms with Crippen LogP contribution < -0.4 is 16.0 Å². The van der Waals surface area contributed by atoms with Gasteiger partial charge in [-0.2, -0.15) is 26.3 Å². The number of amides is 2. The molecule has 186 valence electrons. The van der Waals surface area contributed by atoms with Crippen LogP contribution >= 0.6 is 11.3 Å². The van der Waals surface area contributed by atoms with Crippen LogP contribution in [0.4, 0.5) is 37.2 Å². The molecule has 13 heteroatoms. The van der Waals surface area contributed by atoms with Crippen molar-refractivity contribution in [2.24, 2.45) is 0 Å². The van der Waals surface area contributed by atoms with Gasteiger partial charge >= 0.3 is 12.4 Å². The number of hydrogen-bond acceptors (Lipinski definition) is 5. The maximum Gasteiger partial charge on any atom is 0.416 e. The molecule has 0 aliphatic rings. The van der Waals surface area contributed by atoms with E-state index in [2.05, 4.69) is 20.9 Å². The molecule has 0 bridgehead atoms. The minimum absolute atomic E-state index is 0.0676. The lowest BCUT2D eigenvalue weighted by atomic mass is 10.1. The number of anilines is 2. The molecule has 1 unspecified atom stereocenters. The molecule has 2 aromatic carbocycles. The monoisotopic (exact) mass is 516 g/mol. The molecular formula is C22H18F6N4O2S. The van der Waals surface area contributed by atoms with E-state index in [1.165, 1.54) is 36.6 Å². The number of alkyl halides is 6. The van der Waals surface area contributed by atoms with Gasteiger partial charge in [0.2, 0.25) is 5.91 Å². The average Bonchev–Trinajstić information content (AvgIpc) is 3.25. The number of carbonyl (C=O) groups is 2. The van der Waals surface area contributed by atoms with Gasteiger partial charge in [-0.15, -0.1) is 11.3 Å². The van der Waals surface area contributed by atoms with Crippen LogP contribution in [0.2, 0.25) is 0 Å². The second-order valence-corrected chi connectivity index (χ2v) is 8.21. The molecule has 6 nitrogen and oxygen atoms in total. The van der Waals surface area contributed by atoms with E-state index < -0.39 is 41.3 Å².